The molecule has 22 heavy (non-hydrogen) atoms. The molecule has 1 aliphatic heterocycles. The molecule has 3 rings (SSSR count). The molecule has 2 aromatic carbocycles. The van der Waals surface area contributed by atoms with Crippen LogP contribution in [0.15, 0.2) is 24.3 Å². The summed E-state index contributed by atoms with van der Waals surface area (Å²) in [5.74, 6) is -2.13. The zero-order chi connectivity index (χ0) is 16.0. The van der Waals surface area contributed by atoms with Gasteiger partial charge in [0.15, 0.2) is 11.5 Å². The van der Waals surface area contributed by atoms with Gasteiger partial charge in [0.25, 0.3) is 0 Å². The Morgan fingerprint density at radius 1 is 0.955 bits per heavy atom. The fraction of sp³-hybridized carbons (Fsp3) is 0. The first-order valence-corrected chi connectivity index (χ1v) is 6.71. The summed E-state index contributed by atoms with van der Waals surface area (Å²) in [4.78, 5) is 22.4. The highest BCUT2D eigenvalue weighted by atomic mass is 35.5. The van der Waals surface area contributed by atoms with Crippen LogP contribution in [0.25, 0.3) is 0 Å². The molecule has 0 radical (unpaired) electrons. The lowest BCUT2D eigenvalue weighted by molar-refractivity contribution is 0.0696. The van der Waals surface area contributed by atoms with Gasteiger partial charge in [-0.2, -0.15) is 0 Å². The van der Waals surface area contributed by atoms with Crippen LogP contribution in [0.2, 0.25) is 10.0 Å². The smallest absolute Gasteiger partial charge is 0.337 e. The second kappa shape index (κ2) is 5.08. The number of rotatable bonds is 2. The van der Waals surface area contributed by atoms with E-state index in [1.807, 2.05) is 0 Å². The van der Waals surface area contributed by atoms with E-state index in [-0.39, 0.29) is 32.6 Å². The number of hydrogen-bond donors (Lipinski definition) is 3. The van der Waals surface area contributed by atoms with Crippen molar-refractivity contribution in [1.82, 2.24) is 0 Å². The van der Waals surface area contributed by atoms with E-state index in [9.17, 15) is 14.7 Å². The molecule has 0 spiro atoms. The minimum atomic E-state index is -1.28. The van der Waals surface area contributed by atoms with Crippen molar-refractivity contribution in [3.05, 3.63) is 45.4 Å². The molecule has 0 saturated carbocycles. The van der Waals surface area contributed by atoms with Crippen molar-refractivity contribution in [3.63, 3.8) is 0 Å². The van der Waals surface area contributed by atoms with Gasteiger partial charge in [0.05, 0.1) is 32.5 Å². The summed E-state index contributed by atoms with van der Waals surface area (Å²) >= 11 is 11.8. The van der Waals surface area contributed by atoms with Crippen LogP contribution in [0.3, 0.4) is 0 Å². The van der Waals surface area contributed by atoms with E-state index in [2.05, 4.69) is 5.32 Å². The highest BCUT2D eigenvalue weighted by Gasteiger charge is 2.25. The van der Waals surface area contributed by atoms with Crippen LogP contribution in [-0.4, -0.2) is 22.2 Å². The average molecular weight is 340 g/mol. The number of aromatic carboxylic acids is 2. The Morgan fingerprint density at radius 3 is 2.27 bits per heavy atom. The van der Waals surface area contributed by atoms with Crippen molar-refractivity contribution in [3.8, 4) is 11.5 Å². The fourth-order valence-electron chi connectivity index (χ4n) is 2.08. The number of ether oxygens (including phenoxy) is 1. The Kier molecular flexibility index (Phi) is 3.35. The SMILES string of the molecule is O=C(O)c1cc2c(c(C(=O)O)c1)Nc1cc(Cl)c(Cl)cc1O2. The van der Waals surface area contributed by atoms with Crippen LogP contribution < -0.4 is 10.1 Å². The van der Waals surface area contributed by atoms with E-state index >= 15 is 0 Å². The zero-order valence-electron chi connectivity index (χ0n) is 10.7. The lowest BCUT2D eigenvalue weighted by atomic mass is 10.1. The van der Waals surface area contributed by atoms with Gasteiger partial charge in [0.2, 0.25) is 0 Å². The molecule has 1 aliphatic rings. The molecule has 0 bridgehead atoms. The van der Waals surface area contributed by atoms with Gasteiger partial charge in [-0.3, -0.25) is 0 Å². The van der Waals surface area contributed by atoms with Gasteiger partial charge in [0.1, 0.15) is 0 Å². The van der Waals surface area contributed by atoms with Crippen LogP contribution in [-0.2, 0) is 0 Å². The molecule has 6 nitrogen and oxygen atoms in total. The molecule has 3 N–H and O–H groups in total. The van der Waals surface area contributed by atoms with Gasteiger partial charge < -0.3 is 20.3 Å². The van der Waals surface area contributed by atoms with Crippen LogP contribution in [0.4, 0.5) is 11.4 Å². The summed E-state index contributed by atoms with van der Waals surface area (Å²) in [6.45, 7) is 0. The summed E-state index contributed by atoms with van der Waals surface area (Å²) in [5.41, 5.74) is 0.184. The molecule has 0 atom stereocenters. The maximum Gasteiger partial charge on any atom is 0.337 e. The van der Waals surface area contributed by atoms with Crippen LogP contribution in [0.5, 0.6) is 11.5 Å². The predicted octanol–water partition coefficient (Wildman–Crippen LogP) is 4.24. The number of carboxylic acid groups (broad SMARTS) is 2. The lowest BCUT2D eigenvalue weighted by Gasteiger charge is -2.24. The number of anilines is 2. The van der Waals surface area contributed by atoms with Crippen molar-refractivity contribution >= 4 is 46.5 Å². The second-order valence-electron chi connectivity index (χ2n) is 4.50. The topological polar surface area (TPSA) is 95.9 Å². The molecule has 0 aromatic heterocycles. The molecular formula is C14H7Cl2NO5. The molecule has 8 heteroatoms. The normalized spacial score (nSPS) is 11.7. The Bertz CT molecular complexity index is 834. The highest BCUT2D eigenvalue weighted by molar-refractivity contribution is 6.42. The van der Waals surface area contributed by atoms with E-state index < -0.39 is 11.9 Å². The fourth-order valence-corrected chi connectivity index (χ4v) is 2.40. The molecule has 0 amide bonds. The third-order valence-electron chi connectivity index (χ3n) is 3.08. The summed E-state index contributed by atoms with van der Waals surface area (Å²) in [6, 6.07) is 5.26. The quantitative estimate of drug-likeness (QED) is 0.646. The largest absolute Gasteiger partial charge is 0.478 e. The number of hydrogen-bond acceptors (Lipinski definition) is 4. The zero-order valence-corrected chi connectivity index (χ0v) is 12.2. The molecule has 0 aliphatic carbocycles. The van der Waals surface area contributed by atoms with Crippen LogP contribution >= 0.6 is 23.2 Å². The number of carboxylic acids is 2. The Labute approximate surface area is 133 Å². The summed E-state index contributed by atoms with van der Waals surface area (Å²) < 4.78 is 5.56. The number of fused-ring (bicyclic) bond motifs is 2. The maximum absolute atomic E-state index is 11.3. The van der Waals surface area contributed by atoms with E-state index in [0.29, 0.717) is 11.4 Å². The average Bonchev–Trinajstić information content (AvgIpc) is 2.45. The Morgan fingerprint density at radius 2 is 1.64 bits per heavy atom. The molecule has 0 unspecified atom stereocenters. The van der Waals surface area contributed by atoms with Gasteiger partial charge in [-0.15, -0.1) is 0 Å². The summed E-state index contributed by atoms with van der Waals surface area (Å²) in [5, 5.41) is 21.7. The number of halogens is 2. The Balaban J connectivity index is 2.19. The van der Waals surface area contributed by atoms with Crippen LogP contribution in [0.1, 0.15) is 20.7 Å². The lowest BCUT2D eigenvalue weighted by Crippen LogP contribution is -2.11. The first kappa shape index (κ1) is 14.5. The monoisotopic (exact) mass is 339 g/mol. The Hall–Kier alpha value is -2.44. The van der Waals surface area contributed by atoms with Crippen molar-refractivity contribution in [2.45, 2.75) is 0 Å². The number of benzene rings is 2. The van der Waals surface area contributed by atoms with Gasteiger partial charge >= 0.3 is 11.9 Å². The van der Waals surface area contributed by atoms with Crippen molar-refractivity contribution in [1.29, 1.82) is 0 Å². The van der Waals surface area contributed by atoms with Gasteiger partial charge in [-0.1, -0.05) is 23.2 Å². The van der Waals surface area contributed by atoms with Gasteiger partial charge in [-0.25, -0.2) is 9.59 Å². The van der Waals surface area contributed by atoms with Crippen molar-refractivity contribution in [2.75, 3.05) is 5.32 Å². The standard InChI is InChI=1S/C14H7Cl2NO5/c15-7-3-9-10(4-8(7)16)22-11-2-5(13(18)19)1-6(14(20)21)12(11)17-9/h1-4,17H,(H,18,19)(H,20,21). The molecular weight excluding hydrogens is 333 g/mol. The van der Waals surface area contributed by atoms with E-state index in [4.69, 9.17) is 33.0 Å². The van der Waals surface area contributed by atoms with Crippen LogP contribution in [0, 0.1) is 0 Å². The molecule has 112 valence electrons. The molecule has 0 saturated heterocycles. The van der Waals surface area contributed by atoms with Gasteiger partial charge in [-0.05, 0) is 18.2 Å². The predicted molar refractivity (Wildman–Crippen MR) is 80.2 cm³/mol. The first-order valence-electron chi connectivity index (χ1n) is 5.95. The number of carbonyl (C=O) groups is 2. The minimum Gasteiger partial charge on any atom is -0.478 e. The number of nitrogens with one attached hydrogen (secondary N) is 1. The highest BCUT2D eigenvalue weighted by Crippen LogP contribution is 2.46. The third kappa shape index (κ3) is 2.32. The minimum absolute atomic E-state index is 0.0863. The third-order valence-corrected chi connectivity index (χ3v) is 3.80. The molecule has 0 fully saturated rings. The molecule has 1 heterocycles. The van der Waals surface area contributed by atoms with E-state index in [1.165, 1.54) is 18.2 Å². The van der Waals surface area contributed by atoms with E-state index in [1.54, 1.807) is 0 Å². The summed E-state index contributed by atoms with van der Waals surface area (Å²) in [7, 11) is 0. The van der Waals surface area contributed by atoms with Crippen molar-refractivity contribution < 1.29 is 24.5 Å². The van der Waals surface area contributed by atoms with Gasteiger partial charge in [0, 0.05) is 6.07 Å². The summed E-state index contributed by atoms with van der Waals surface area (Å²) in [6.07, 6.45) is 0. The van der Waals surface area contributed by atoms with Crippen molar-refractivity contribution in [2.24, 2.45) is 0 Å². The van der Waals surface area contributed by atoms with E-state index in [0.717, 1.165) is 6.07 Å². The maximum atomic E-state index is 11.3. The second-order valence-corrected chi connectivity index (χ2v) is 5.31. The first-order chi connectivity index (χ1) is 10.4. The molecule has 2 aromatic rings.